The van der Waals surface area contributed by atoms with Crippen LogP contribution in [-0.4, -0.2) is 9.78 Å². The Balaban J connectivity index is 2.53. The van der Waals surface area contributed by atoms with E-state index in [1.165, 1.54) is 10.9 Å². The average molecular weight is 188 g/mol. The first kappa shape index (κ1) is 9.25. The Kier molecular flexibility index (Phi) is 2.28. The Bertz CT molecular complexity index is 429. The van der Waals surface area contributed by atoms with Gasteiger partial charge in [0.2, 0.25) is 0 Å². The molecule has 0 N–H and O–H groups in total. The Labute approximate surface area is 84.5 Å². The molecule has 1 aromatic heterocycles. The van der Waals surface area contributed by atoms with Crippen LogP contribution in [0.5, 0.6) is 0 Å². The molecule has 0 saturated carbocycles. The minimum atomic E-state index is 0.454. The highest BCUT2D eigenvalue weighted by Crippen LogP contribution is 2.22. The van der Waals surface area contributed by atoms with Crippen molar-refractivity contribution in [2.75, 3.05) is 0 Å². The number of fused-ring (bicyclic) bond motifs is 1. The molecule has 74 valence electrons. The van der Waals surface area contributed by atoms with Gasteiger partial charge in [-0.1, -0.05) is 32.0 Å². The lowest BCUT2D eigenvalue weighted by Gasteiger charge is -2.17. The van der Waals surface area contributed by atoms with E-state index < -0.39 is 0 Å². The SMILES string of the molecule is CC(C)C(C)n1ncc2ccccc21. The van der Waals surface area contributed by atoms with Gasteiger partial charge in [0.15, 0.2) is 0 Å². The summed E-state index contributed by atoms with van der Waals surface area (Å²) in [7, 11) is 0. The first-order valence-corrected chi connectivity index (χ1v) is 5.12. The molecular weight excluding hydrogens is 172 g/mol. The Hall–Kier alpha value is -1.31. The molecule has 0 fully saturated rings. The van der Waals surface area contributed by atoms with Gasteiger partial charge in [0.1, 0.15) is 0 Å². The van der Waals surface area contributed by atoms with Crippen molar-refractivity contribution in [3.8, 4) is 0 Å². The number of hydrogen-bond donors (Lipinski definition) is 0. The smallest absolute Gasteiger partial charge is 0.0685 e. The Morgan fingerprint density at radius 2 is 1.86 bits per heavy atom. The van der Waals surface area contributed by atoms with E-state index in [0.717, 1.165) is 0 Å². The van der Waals surface area contributed by atoms with E-state index in [2.05, 4.69) is 48.8 Å². The second-order valence-corrected chi connectivity index (χ2v) is 4.13. The van der Waals surface area contributed by atoms with E-state index in [9.17, 15) is 0 Å². The zero-order valence-electron chi connectivity index (χ0n) is 8.94. The van der Waals surface area contributed by atoms with Gasteiger partial charge in [0.05, 0.1) is 17.8 Å². The highest BCUT2D eigenvalue weighted by molar-refractivity contribution is 5.78. The third-order valence-corrected chi connectivity index (χ3v) is 2.86. The first-order chi connectivity index (χ1) is 6.70. The summed E-state index contributed by atoms with van der Waals surface area (Å²) in [4.78, 5) is 0. The standard InChI is InChI=1S/C12H16N2/c1-9(2)10(3)14-12-7-5-4-6-11(12)8-13-14/h4-10H,1-3H3. The number of nitrogens with zero attached hydrogens (tertiary/aromatic N) is 2. The van der Waals surface area contributed by atoms with Gasteiger partial charge in [-0.3, -0.25) is 4.68 Å². The quantitative estimate of drug-likeness (QED) is 0.707. The number of para-hydroxylation sites is 1. The van der Waals surface area contributed by atoms with E-state index in [1.807, 2.05) is 12.3 Å². The number of benzene rings is 1. The van der Waals surface area contributed by atoms with Crippen molar-refractivity contribution in [2.24, 2.45) is 5.92 Å². The predicted molar refractivity (Wildman–Crippen MR) is 59.3 cm³/mol. The first-order valence-electron chi connectivity index (χ1n) is 5.12. The number of hydrogen-bond acceptors (Lipinski definition) is 1. The third-order valence-electron chi connectivity index (χ3n) is 2.86. The van der Waals surface area contributed by atoms with Crippen LogP contribution >= 0.6 is 0 Å². The average Bonchev–Trinajstić information content (AvgIpc) is 2.60. The van der Waals surface area contributed by atoms with Gasteiger partial charge >= 0.3 is 0 Å². The number of rotatable bonds is 2. The summed E-state index contributed by atoms with van der Waals surface area (Å²) >= 11 is 0. The van der Waals surface area contributed by atoms with E-state index in [4.69, 9.17) is 0 Å². The normalized spacial score (nSPS) is 13.7. The van der Waals surface area contributed by atoms with Crippen LogP contribution in [-0.2, 0) is 0 Å². The summed E-state index contributed by atoms with van der Waals surface area (Å²) in [6.07, 6.45) is 1.94. The van der Waals surface area contributed by atoms with Gasteiger partial charge in [-0.2, -0.15) is 5.10 Å². The highest BCUT2D eigenvalue weighted by Gasteiger charge is 2.12. The van der Waals surface area contributed by atoms with E-state index >= 15 is 0 Å². The molecule has 0 radical (unpaired) electrons. The molecule has 2 rings (SSSR count). The van der Waals surface area contributed by atoms with Crippen LogP contribution < -0.4 is 0 Å². The van der Waals surface area contributed by atoms with Crippen molar-refractivity contribution in [3.05, 3.63) is 30.5 Å². The van der Waals surface area contributed by atoms with Crippen LogP contribution in [0.1, 0.15) is 26.8 Å². The number of aromatic nitrogens is 2. The Morgan fingerprint density at radius 3 is 2.57 bits per heavy atom. The van der Waals surface area contributed by atoms with Gasteiger partial charge in [0, 0.05) is 5.39 Å². The van der Waals surface area contributed by atoms with Crippen LogP contribution in [0.15, 0.2) is 30.5 Å². The summed E-state index contributed by atoms with van der Waals surface area (Å²) < 4.78 is 2.11. The second kappa shape index (κ2) is 3.45. The third kappa shape index (κ3) is 1.41. The lowest BCUT2D eigenvalue weighted by molar-refractivity contribution is 0.385. The topological polar surface area (TPSA) is 17.8 Å². The minimum Gasteiger partial charge on any atom is -0.262 e. The molecule has 0 aliphatic rings. The summed E-state index contributed by atoms with van der Waals surface area (Å²) in [6, 6.07) is 8.80. The largest absolute Gasteiger partial charge is 0.262 e. The second-order valence-electron chi connectivity index (χ2n) is 4.13. The van der Waals surface area contributed by atoms with E-state index in [0.29, 0.717) is 12.0 Å². The summed E-state index contributed by atoms with van der Waals surface area (Å²) in [5, 5.41) is 5.66. The molecule has 2 nitrogen and oxygen atoms in total. The maximum Gasteiger partial charge on any atom is 0.0685 e. The monoisotopic (exact) mass is 188 g/mol. The lowest BCUT2D eigenvalue weighted by atomic mass is 10.1. The van der Waals surface area contributed by atoms with E-state index in [-0.39, 0.29) is 0 Å². The van der Waals surface area contributed by atoms with Crippen molar-refractivity contribution in [3.63, 3.8) is 0 Å². The van der Waals surface area contributed by atoms with Gasteiger partial charge in [-0.25, -0.2) is 0 Å². The molecule has 0 aliphatic carbocycles. The molecule has 0 amide bonds. The molecule has 0 saturated heterocycles. The zero-order chi connectivity index (χ0) is 10.1. The van der Waals surface area contributed by atoms with Crippen molar-refractivity contribution in [2.45, 2.75) is 26.8 Å². The maximum atomic E-state index is 4.43. The van der Waals surface area contributed by atoms with E-state index in [1.54, 1.807) is 0 Å². The van der Waals surface area contributed by atoms with Crippen molar-refractivity contribution in [1.82, 2.24) is 9.78 Å². The molecule has 0 spiro atoms. The van der Waals surface area contributed by atoms with Gasteiger partial charge in [0.25, 0.3) is 0 Å². The molecule has 1 aromatic carbocycles. The molecular formula is C12H16N2. The molecule has 1 heterocycles. The van der Waals surface area contributed by atoms with Crippen LogP contribution in [0.2, 0.25) is 0 Å². The van der Waals surface area contributed by atoms with Gasteiger partial charge < -0.3 is 0 Å². The summed E-state index contributed by atoms with van der Waals surface area (Å²) in [6.45, 7) is 6.66. The zero-order valence-corrected chi connectivity index (χ0v) is 8.94. The molecule has 2 aromatic rings. The fourth-order valence-corrected chi connectivity index (χ4v) is 1.60. The summed E-state index contributed by atoms with van der Waals surface area (Å²) in [5.74, 6) is 0.610. The molecule has 0 bridgehead atoms. The van der Waals surface area contributed by atoms with Gasteiger partial charge in [-0.05, 0) is 18.9 Å². The maximum absolute atomic E-state index is 4.43. The minimum absolute atomic E-state index is 0.454. The predicted octanol–water partition coefficient (Wildman–Crippen LogP) is 3.25. The molecule has 14 heavy (non-hydrogen) atoms. The van der Waals surface area contributed by atoms with Crippen LogP contribution in [0, 0.1) is 5.92 Å². The fourth-order valence-electron chi connectivity index (χ4n) is 1.60. The highest BCUT2D eigenvalue weighted by atomic mass is 15.3. The van der Waals surface area contributed by atoms with Crippen molar-refractivity contribution < 1.29 is 0 Å². The van der Waals surface area contributed by atoms with Crippen LogP contribution in [0.4, 0.5) is 0 Å². The van der Waals surface area contributed by atoms with Gasteiger partial charge in [-0.15, -0.1) is 0 Å². The van der Waals surface area contributed by atoms with Crippen molar-refractivity contribution >= 4 is 10.9 Å². The Morgan fingerprint density at radius 1 is 1.14 bits per heavy atom. The lowest BCUT2D eigenvalue weighted by Crippen LogP contribution is -2.12. The molecule has 1 unspecified atom stereocenters. The molecule has 0 aliphatic heterocycles. The summed E-state index contributed by atoms with van der Waals surface area (Å²) in [5.41, 5.74) is 1.23. The fraction of sp³-hybridized carbons (Fsp3) is 0.417. The van der Waals surface area contributed by atoms with Crippen LogP contribution in [0.25, 0.3) is 10.9 Å². The molecule has 1 atom stereocenters. The van der Waals surface area contributed by atoms with Crippen molar-refractivity contribution in [1.29, 1.82) is 0 Å². The molecule has 2 heteroatoms. The van der Waals surface area contributed by atoms with Crippen LogP contribution in [0.3, 0.4) is 0 Å².